The quantitative estimate of drug-likeness (QED) is 0.824. The van der Waals surface area contributed by atoms with E-state index in [1.54, 1.807) is 6.92 Å². The van der Waals surface area contributed by atoms with Crippen molar-refractivity contribution in [2.24, 2.45) is 11.7 Å². The molecule has 1 aliphatic rings. The summed E-state index contributed by atoms with van der Waals surface area (Å²) >= 11 is 0. The molecule has 0 aliphatic carbocycles. The van der Waals surface area contributed by atoms with E-state index in [1.165, 1.54) is 0 Å². The lowest BCUT2D eigenvalue weighted by atomic mass is 9.86. The maximum Gasteiger partial charge on any atom is 0.323 e. The van der Waals surface area contributed by atoms with E-state index in [0.29, 0.717) is 12.8 Å². The van der Waals surface area contributed by atoms with Crippen molar-refractivity contribution in [1.82, 2.24) is 0 Å². The number of aryl methyl sites for hydroxylation is 1. The van der Waals surface area contributed by atoms with E-state index in [2.05, 4.69) is 0 Å². The zero-order valence-electron chi connectivity index (χ0n) is 14.8. The molecule has 1 heterocycles. The number of benzene rings is 1. The number of nitrogens with two attached hydrogens (primary N) is 1. The Kier molecular flexibility index (Phi) is 7.32. The first-order valence-corrected chi connectivity index (χ1v) is 8.78. The van der Waals surface area contributed by atoms with Gasteiger partial charge in [-0.1, -0.05) is 36.2 Å². The highest BCUT2D eigenvalue weighted by atomic mass is 19.3. The molecule has 0 amide bonds. The number of hydrogen-bond acceptors (Lipinski definition) is 4. The molecule has 1 fully saturated rings. The van der Waals surface area contributed by atoms with E-state index in [4.69, 9.17) is 15.2 Å². The van der Waals surface area contributed by atoms with Crippen LogP contribution in [-0.2, 0) is 20.7 Å². The minimum Gasteiger partial charge on any atom is -0.459 e. The largest absolute Gasteiger partial charge is 0.459 e. The summed E-state index contributed by atoms with van der Waals surface area (Å²) < 4.78 is 36.2. The van der Waals surface area contributed by atoms with E-state index in [-0.39, 0.29) is 5.92 Å². The summed E-state index contributed by atoms with van der Waals surface area (Å²) in [5.41, 5.74) is 8.10. The summed E-state index contributed by atoms with van der Waals surface area (Å²) in [5.74, 6) is -0.510. The van der Waals surface area contributed by atoms with Crippen LogP contribution in [0.3, 0.4) is 0 Å². The fraction of sp³-hybridized carbons (Fsp3) is 0.632. The van der Waals surface area contributed by atoms with Gasteiger partial charge in [0, 0.05) is 0 Å². The molecule has 1 aromatic carbocycles. The smallest absolute Gasteiger partial charge is 0.323 e. The fourth-order valence-corrected chi connectivity index (χ4v) is 3.30. The summed E-state index contributed by atoms with van der Waals surface area (Å²) in [5, 5.41) is 0. The van der Waals surface area contributed by atoms with Crippen molar-refractivity contribution in [1.29, 1.82) is 0 Å². The third kappa shape index (κ3) is 6.04. The third-order valence-electron chi connectivity index (χ3n) is 4.66. The van der Waals surface area contributed by atoms with Crippen LogP contribution >= 0.6 is 0 Å². The lowest BCUT2D eigenvalue weighted by molar-refractivity contribution is -0.162. The maximum atomic E-state index is 12.7. The number of ether oxygens (including phenoxy) is 2. The predicted octanol–water partition coefficient (Wildman–Crippen LogP) is 3.25. The van der Waals surface area contributed by atoms with Crippen LogP contribution in [0.1, 0.15) is 37.3 Å². The van der Waals surface area contributed by atoms with Crippen LogP contribution in [0.5, 0.6) is 0 Å². The Balaban J connectivity index is 2.18. The van der Waals surface area contributed by atoms with Crippen LogP contribution in [0.4, 0.5) is 8.78 Å². The van der Waals surface area contributed by atoms with Crippen LogP contribution in [0.2, 0.25) is 0 Å². The number of carbonyl (C=O) groups excluding carboxylic acids is 1. The van der Waals surface area contributed by atoms with Crippen molar-refractivity contribution >= 4 is 5.97 Å². The third-order valence-corrected chi connectivity index (χ3v) is 4.66. The summed E-state index contributed by atoms with van der Waals surface area (Å²) in [7, 11) is 0. The van der Waals surface area contributed by atoms with Gasteiger partial charge in [0.25, 0.3) is 6.43 Å². The molecule has 4 atom stereocenters. The molecule has 1 saturated heterocycles. The second kappa shape index (κ2) is 9.25. The van der Waals surface area contributed by atoms with Crippen LogP contribution in [-0.4, -0.2) is 37.3 Å². The average molecular weight is 355 g/mol. The molecule has 1 aromatic rings. The van der Waals surface area contributed by atoms with Crippen LogP contribution in [0, 0.1) is 12.8 Å². The zero-order valence-corrected chi connectivity index (χ0v) is 14.8. The van der Waals surface area contributed by atoms with Crippen molar-refractivity contribution < 1.29 is 23.0 Å². The van der Waals surface area contributed by atoms with E-state index in [9.17, 15) is 13.6 Å². The molecule has 2 rings (SSSR count). The Labute approximate surface area is 147 Å². The molecule has 0 unspecified atom stereocenters. The number of rotatable bonds is 5. The lowest BCUT2D eigenvalue weighted by Crippen LogP contribution is -2.41. The standard InChI is InChI=1S/C19H27F2NO3/c1-12-6-8-14(9-7-12)10-15-4-3-5-16(22)19(23)25-13(2)18(15)24-11-17(20)21/h6-9,13,15-18H,3-5,10-11,22H2,1-2H3/t13-,15+,16-,18-/m0/s1. The van der Waals surface area contributed by atoms with Gasteiger partial charge in [-0.15, -0.1) is 0 Å². The van der Waals surface area contributed by atoms with Crippen molar-refractivity contribution in [3.05, 3.63) is 35.4 Å². The number of hydrogen-bond donors (Lipinski definition) is 1. The van der Waals surface area contributed by atoms with Gasteiger partial charge >= 0.3 is 5.97 Å². The highest BCUT2D eigenvalue weighted by Crippen LogP contribution is 2.27. The summed E-state index contributed by atoms with van der Waals surface area (Å²) in [4.78, 5) is 12.0. The molecular formula is C19H27F2NO3. The van der Waals surface area contributed by atoms with Crippen LogP contribution < -0.4 is 5.73 Å². The molecule has 0 radical (unpaired) electrons. The van der Waals surface area contributed by atoms with Gasteiger partial charge in [0.2, 0.25) is 0 Å². The molecule has 2 N–H and O–H groups in total. The number of cyclic esters (lactones) is 1. The van der Waals surface area contributed by atoms with Crippen LogP contribution in [0.25, 0.3) is 0 Å². The van der Waals surface area contributed by atoms with Gasteiger partial charge in [0.1, 0.15) is 18.8 Å². The van der Waals surface area contributed by atoms with E-state index in [1.807, 2.05) is 31.2 Å². The number of esters is 1. The number of alkyl halides is 2. The molecule has 0 aromatic heterocycles. The molecule has 6 heteroatoms. The molecule has 0 spiro atoms. The van der Waals surface area contributed by atoms with Gasteiger partial charge in [0.15, 0.2) is 0 Å². The van der Waals surface area contributed by atoms with Crippen molar-refractivity contribution in [3.63, 3.8) is 0 Å². The van der Waals surface area contributed by atoms with Gasteiger partial charge in [-0.05, 0) is 44.6 Å². The highest BCUT2D eigenvalue weighted by Gasteiger charge is 2.34. The number of carbonyl (C=O) groups is 1. The average Bonchev–Trinajstić information content (AvgIpc) is 2.59. The Morgan fingerprint density at radius 2 is 1.96 bits per heavy atom. The predicted molar refractivity (Wildman–Crippen MR) is 91.5 cm³/mol. The van der Waals surface area contributed by atoms with Gasteiger partial charge < -0.3 is 15.2 Å². The normalized spacial score (nSPS) is 28.2. The first-order chi connectivity index (χ1) is 11.9. The van der Waals surface area contributed by atoms with Crippen molar-refractivity contribution in [3.8, 4) is 0 Å². The maximum absolute atomic E-state index is 12.7. The number of halogens is 2. The second-order valence-electron chi connectivity index (χ2n) is 6.82. The van der Waals surface area contributed by atoms with Crippen LogP contribution in [0.15, 0.2) is 24.3 Å². The minimum absolute atomic E-state index is 0.0189. The molecule has 140 valence electrons. The summed E-state index contributed by atoms with van der Waals surface area (Å²) in [6.07, 6.45) is -1.07. The fourth-order valence-electron chi connectivity index (χ4n) is 3.30. The zero-order chi connectivity index (χ0) is 18.4. The van der Waals surface area contributed by atoms with E-state index in [0.717, 1.165) is 24.0 Å². The Morgan fingerprint density at radius 1 is 1.28 bits per heavy atom. The molecule has 1 aliphatic heterocycles. The summed E-state index contributed by atoms with van der Waals surface area (Å²) in [6, 6.07) is 7.46. The highest BCUT2D eigenvalue weighted by molar-refractivity contribution is 5.75. The lowest BCUT2D eigenvalue weighted by Gasteiger charge is -2.31. The van der Waals surface area contributed by atoms with E-state index < -0.39 is 37.3 Å². The Bertz CT molecular complexity index is 550. The van der Waals surface area contributed by atoms with E-state index >= 15 is 0 Å². The topological polar surface area (TPSA) is 61.6 Å². The van der Waals surface area contributed by atoms with Gasteiger partial charge in [-0.25, -0.2) is 8.78 Å². The first kappa shape index (κ1) is 19.8. The minimum atomic E-state index is -2.56. The molecular weight excluding hydrogens is 328 g/mol. The summed E-state index contributed by atoms with van der Waals surface area (Å²) in [6.45, 7) is 3.04. The van der Waals surface area contributed by atoms with Gasteiger partial charge in [-0.2, -0.15) is 0 Å². The Hall–Kier alpha value is -1.53. The molecule has 0 bridgehead atoms. The monoisotopic (exact) mass is 355 g/mol. The van der Waals surface area contributed by atoms with Gasteiger partial charge in [0.05, 0.1) is 6.10 Å². The van der Waals surface area contributed by atoms with Crippen molar-refractivity contribution in [2.75, 3.05) is 6.61 Å². The SMILES string of the molecule is Cc1ccc(C[C@H]2CCC[C@H](N)C(=O)O[C@@H](C)[C@@H]2OCC(F)F)cc1. The second-order valence-corrected chi connectivity index (χ2v) is 6.82. The Morgan fingerprint density at radius 3 is 2.60 bits per heavy atom. The molecule has 0 saturated carbocycles. The molecule has 25 heavy (non-hydrogen) atoms. The van der Waals surface area contributed by atoms with Crippen molar-refractivity contribution in [2.45, 2.75) is 64.2 Å². The van der Waals surface area contributed by atoms with Gasteiger partial charge in [-0.3, -0.25) is 4.79 Å². The molecule has 4 nitrogen and oxygen atoms in total. The first-order valence-electron chi connectivity index (χ1n) is 8.78.